The Morgan fingerprint density at radius 1 is 0.630 bits per heavy atom. The topological polar surface area (TPSA) is 235 Å². The van der Waals surface area contributed by atoms with Gasteiger partial charge in [0.25, 0.3) is 0 Å². The predicted molar refractivity (Wildman–Crippen MR) is 174 cm³/mol. The SMILES string of the molecule is Cc1cc(N)c(OC(=O)C(=O)Oc2c(N)cc(N)c(N)c2C(=O)OCC2CCC(C)C2C)c(C(=O)OCC2CCC(C)C2C)c1N. The van der Waals surface area contributed by atoms with E-state index in [1.807, 2.05) is 0 Å². The Bertz CT molecular complexity index is 1430. The number of nitrogen functional groups attached to an aromatic ring is 5. The molecule has 250 valence electrons. The number of carbonyl (C=O) groups is 4. The van der Waals surface area contributed by atoms with Gasteiger partial charge in [0.1, 0.15) is 11.1 Å². The number of hydrogen-bond donors (Lipinski definition) is 5. The number of anilines is 5. The minimum Gasteiger partial charge on any atom is -0.462 e. The van der Waals surface area contributed by atoms with Crippen molar-refractivity contribution >= 4 is 52.3 Å². The number of rotatable bonds is 8. The van der Waals surface area contributed by atoms with Gasteiger partial charge >= 0.3 is 23.9 Å². The maximum Gasteiger partial charge on any atom is 0.423 e. The Hall–Kier alpha value is -4.68. The van der Waals surface area contributed by atoms with Gasteiger partial charge in [0, 0.05) is 0 Å². The maximum atomic E-state index is 13.2. The summed E-state index contributed by atoms with van der Waals surface area (Å²) in [7, 11) is 0. The third-order valence-corrected chi connectivity index (χ3v) is 10.0. The molecule has 2 aromatic rings. The first-order valence-electron chi connectivity index (χ1n) is 15.6. The molecule has 0 aromatic heterocycles. The molecule has 2 aromatic carbocycles. The van der Waals surface area contributed by atoms with Gasteiger partial charge in [0.2, 0.25) is 0 Å². The van der Waals surface area contributed by atoms with Gasteiger partial charge in [-0.2, -0.15) is 0 Å². The van der Waals surface area contributed by atoms with E-state index >= 15 is 0 Å². The molecule has 6 atom stereocenters. The quantitative estimate of drug-likeness (QED) is 0.119. The van der Waals surface area contributed by atoms with Crippen LogP contribution in [0.3, 0.4) is 0 Å². The van der Waals surface area contributed by atoms with Crippen molar-refractivity contribution in [1.82, 2.24) is 0 Å². The lowest BCUT2D eigenvalue weighted by atomic mass is 9.93. The van der Waals surface area contributed by atoms with Gasteiger partial charge in [-0.05, 0) is 73.0 Å². The zero-order chi connectivity index (χ0) is 34.0. The van der Waals surface area contributed by atoms with E-state index in [4.69, 9.17) is 47.6 Å². The lowest BCUT2D eigenvalue weighted by Crippen LogP contribution is -2.29. The monoisotopic (exact) mass is 639 g/mol. The summed E-state index contributed by atoms with van der Waals surface area (Å²) in [6.07, 6.45) is 3.83. The van der Waals surface area contributed by atoms with E-state index in [1.54, 1.807) is 6.92 Å². The van der Waals surface area contributed by atoms with Crippen LogP contribution < -0.4 is 38.1 Å². The van der Waals surface area contributed by atoms with Gasteiger partial charge in [0.05, 0.1) is 41.7 Å². The molecule has 0 bridgehead atoms. The first-order chi connectivity index (χ1) is 21.6. The van der Waals surface area contributed by atoms with Gasteiger partial charge in [-0.3, -0.25) is 0 Å². The number of benzene rings is 2. The van der Waals surface area contributed by atoms with Gasteiger partial charge in [-0.25, -0.2) is 19.2 Å². The summed E-state index contributed by atoms with van der Waals surface area (Å²) in [6, 6.07) is 2.57. The summed E-state index contributed by atoms with van der Waals surface area (Å²) in [5.41, 5.74) is 29.4. The van der Waals surface area contributed by atoms with Gasteiger partial charge in [-0.1, -0.05) is 40.5 Å². The Morgan fingerprint density at radius 3 is 1.46 bits per heavy atom. The van der Waals surface area contributed by atoms with Gasteiger partial charge in [-0.15, -0.1) is 0 Å². The van der Waals surface area contributed by atoms with Crippen molar-refractivity contribution in [2.75, 3.05) is 41.9 Å². The van der Waals surface area contributed by atoms with E-state index in [2.05, 4.69) is 27.7 Å². The highest BCUT2D eigenvalue weighted by molar-refractivity contribution is 6.31. The summed E-state index contributed by atoms with van der Waals surface area (Å²) < 4.78 is 21.6. The average molecular weight is 640 g/mol. The molecule has 6 unspecified atom stereocenters. The highest BCUT2D eigenvalue weighted by atomic mass is 16.6. The molecule has 0 radical (unpaired) electrons. The van der Waals surface area contributed by atoms with Crippen molar-refractivity contribution < 1.29 is 38.1 Å². The van der Waals surface area contributed by atoms with Crippen LogP contribution in [0.4, 0.5) is 28.4 Å². The second kappa shape index (κ2) is 13.8. The molecule has 2 fully saturated rings. The lowest BCUT2D eigenvalue weighted by molar-refractivity contribution is -0.156. The summed E-state index contributed by atoms with van der Waals surface area (Å²) in [4.78, 5) is 52.5. The molecular formula is C33H45N5O8. The molecule has 10 N–H and O–H groups in total. The molecule has 0 saturated heterocycles. The number of ether oxygens (including phenoxy) is 4. The fraction of sp³-hybridized carbons (Fsp3) is 0.515. The fourth-order valence-electron chi connectivity index (χ4n) is 6.37. The molecule has 2 aliphatic carbocycles. The third kappa shape index (κ3) is 6.92. The van der Waals surface area contributed by atoms with Gasteiger partial charge in [0.15, 0.2) is 11.5 Å². The number of carbonyl (C=O) groups excluding carboxylic acids is 4. The van der Waals surface area contributed by atoms with Crippen LogP contribution in [0, 0.1) is 42.4 Å². The molecule has 0 heterocycles. The zero-order valence-corrected chi connectivity index (χ0v) is 27.0. The summed E-state index contributed by atoms with van der Waals surface area (Å²) in [5.74, 6) is -3.97. The number of hydrogen-bond acceptors (Lipinski definition) is 13. The van der Waals surface area contributed by atoms with E-state index in [1.165, 1.54) is 12.1 Å². The Kier molecular flexibility index (Phi) is 10.2. The lowest BCUT2D eigenvalue weighted by Gasteiger charge is -2.20. The number of nitrogens with two attached hydrogens (primary N) is 5. The van der Waals surface area contributed by atoms with Crippen LogP contribution in [0.25, 0.3) is 0 Å². The molecule has 13 nitrogen and oxygen atoms in total. The molecule has 0 aliphatic heterocycles. The van der Waals surface area contributed by atoms with E-state index in [0.29, 0.717) is 29.2 Å². The van der Waals surface area contributed by atoms with Crippen LogP contribution >= 0.6 is 0 Å². The smallest absolute Gasteiger partial charge is 0.423 e. The molecule has 4 rings (SSSR count). The van der Waals surface area contributed by atoms with Crippen LogP contribution in [0.5, 0.6) is 11.5 Å². The first-order valence-corrected chi connectivity index (χ1v) is 15.6. The fourth-order valence-corrected chi connectivity index (χ4v) is 6.37. The van der Waals surface area contributed by atoms with Crippen LogP contribution in [0.1, 0.15) is 79.7 Å². The van der Waals surface area contributed by atoms with Crippen molar-refractivity contribution in [3.8, 4) is 11.5 Å². The highest BCUT2D eigenvalue weighted by Gasteiger charge is 2.35. The van der Waals surface area contributed by atoms with Crippen LogP contribution in [-0.4, -0.2) is 37.1 Å². The van der Waals surface area contributed by atoms with Crippen LogP contribution in [-0.2, 0) is 19.1 Å². The van der Waals surface area contributed by atoms with E-state index in [-0.39, 0.29) is 59.0 Å². The second-order valence-corrected chi connectivity index (χ2v) is 12.9. The van der Waals surface area contributed by atoms with Crippen molar-refractivity contribution in [3.63, 3.8) is 0 Å². The van der Waals surface area contributed by atoms with E-state index in [0.717, 1.165) is 25.7 Å². The Balaban J connectivity index is 1.54. The maximum absolute atomic E-state index is 13.2. The van der Waals surface area contributed by atoms with Crippen molar-refractivity contribution in [2.45, 2.75) is 60.3 Å². The van der Waals surface area contributed by atoms with Crippen molar-refractivity contribution in [2.24, 2.45) is 35.5 Å². The average Bonchev–Trinajstić information content (AvgIpc) is 3.50. The van der Waals surface area contributed by atoms with Crippen LogP contribution in [0.15, 0.2) is 12.1 Å². The van der Waals surface area contributed by atoms with E-state index < -0.39 is 40.9 Å². The molecule has 0 amide bonds. The summed E-state index contributed by atoms with van der Waals surface area (Å²) in [6.45, 7) is 10.4. The first kappa shape index (κ1) is 34.2. The minimum atomic E-state index is -1.59. The summed E-state index contributed by atoms with van der Waals surface area (Å²) in [5, 5.41) is 0. The summed E-state index contributed by atoms with van der Waals surface area (Å²) >= 11 is 0. The molecular weight excluding hydrogens is 594 g/mol. The highest BCUT2D eigenvalue weighted by Crippen LogP contribution is 2.40. The second-order valence-electron chi connectivity index (χ2n) is 12.9. The normalized spacial score (nSPS) is 23.9. The number of aryl methyl sites for hydroxylation is 1. The van der Waals surface area contributed by atoms with Gasteiger partial charge < -0.3 is 47.6 Å². The third-order valence-electron chi connectivity index (χ3n) is 10.0. The molecule has 46 heavy (non-hydrogen) atoms. The largest absolute Gasteiger partial charge is 0.462 e. The zero-order valence-electron chi connectivity index (χ0n) is 27.0. The Morgan fingerprint density at radius 2 is 1.04 bits per heavy atom. The standard InChI is InChI=1S/C33H45N5O8/c1-14-6-8-19(17(14)4)12-43-30(39)24-26(37)16(3)10-22(35)28(24)45-32(41)33(42)46-29-23(36)11-21(34)27(38)25(29)31(40)44-13-20-9-7-15(2)18(20)5/h10-11,14-15,17-20H,6-9,12-13,34-38H2,1-5H3. The molecule has 2 saturated carbocycles. The number of esters is 4. The van der Waals surface area contributed by atoms with E-state index in [9.17, 15) is 19.2 Å². The molecule has 0 spiro atoms. The Labute approximate surface area is 268 Å². The van der Waals surface area contributed by atoms with Crippen molar-refractivity contribution in [3.05, 3.63) is 28.8 Å². The van der Waals surface area contributed by atoms with Crippen LogP contribution in [0.2, 0.25) is 0 Å². The predicted octanol–water partition coefficient (Wildman–Crippen LogP) is 4.10. The molecule has 2 aliphatic rings. The minimum absolute atomic E-state index is 0.0326. The van der Waals surface area contributed by atoms with Crippen molar-refractivity contribution in [1.29, 1.82) is 0 Å². The molecule has 13 heteroatoms.